The van der Waals surface area contributed by atoms with Crippen molar-refractivity contribution in [3.8, 4) is 0 Å². The zero-order valence-corrected chi connectivity index (χ0v) is 18.6. The lowest BCUT2D eigenvalue weighted by atomic mass is 10.2. The Morgan fingerprint density at radius 1 is 1.28 bits per heavy atom. The van der Waals surface area contributed by atoms with Gasteiger partial charge in [0, 0.05) is 52.2 Å². The molecule has 1 aliphatic rings. The van der Waals surface area contributed by atoms with E-state index in [1.807, 2.05) is 13.8 Å². The maximum atomic E-state index is 11.6. The summed E-state index contributed by atoms with van der Waals surface area (Å²) in [5, 5.41) is 9.32. The van der Waals surface area contributed by atoms with Crippen molar-refractivity contribution < 1.29 is 9.53 Å². The molecule has 0 aromatic rings. The van der Waals surface area contributed by atoms with Crippen molar-refractivity contribution in [3.63, 3.8) is 0 Å². The first kappa shape index (κ1) is 24.4. The SMILES string of the molecule is CN=C(NCCC(=O)NC(C)C)NCC1CN(CC(C)C)CCO1.I. The van der Waals surface area contributed by atoms with Crippen LogP contribution in [0.4, 0.5) is 0 Å². The zero-order valence-electron chi connectivity index (χ0n) is 16.3. The summed E-state index contributed by atoms with van der Waals surface area (Å²) < 4.78 is 5.82. The fourth-order valence-electron chi connectivity index (χ4n) is 2.71. The van der Waals surface area contributed by atoms with Gasteiger partial charge in [0.15, 0.2) is 5.96 Å². The fraction of sp³-hybridized carbons (Fsp3) is 0.882. The van der Waals surface area contributed by atoms with E-state index in [4.69, 9.17) is 4.74 Å². The van der Waals surface area contributed by atoms with E-state index in [-0.39, 0.29) is 42.0 Å². The number of ether oxygens (including phenoxy) is 1. The Kier molecular flexibility index (Phi) is 13.2. The van der Waals surface area contributed by atoms with Gasteiger partial charge in [-0.3, -0.25) is 14.7 Å². The Bertz CT molecular complexity index is 404. The van der Waals surface area contributed by atoms with Crippen LogP contribution in [0.15, 0.2) is 4.99 Å². The van der Waals surface area contributed by atoms with Crippen molar-refractivity contribution in [3.05, 3.63) is 0 Å². The van der Waals surface area contributed by atoms with Crippen LogP contribution in [0.2, 0.25) is 0 Å². The van der Waals surface area contributed by atoms with Gasteiger partial charge in [0.05, 0.1) is 12.7 Å². The Labute approximate surface area is 169 Å². The highest BCUT2D eigenvalue weighted by Crippen LogP contribution is 2.07. The average molecular weight is 469 g/mol. The number of morpholine rings is 1. The third kappa shape index (κ3) is 11.6. The number of rotatable bonds is 8. The average Bonchev–Trinajstić information content (AvgIpc) is 2.49. The predicted molar refractivity (Wildman–Crippen MR) is 114 cm³/mol. The summed E-state index contributed by atoms with van der Waals surface area (Å²) in [5.74, 6) is 1.42. The van der Waals surface area contributed by atoms with Crippen molar-refractivity contribution in [2.45, 2.75) is 46.3 Å². The van der Waals surface area contributed by atoms with Gasteiger partial charge in [0.2, 0.25) is 5.91 Å². The lowest BCUT2D eigenvalue weighted by Gasteiger charge is -2.34. The maximum absolute atomic E-state index is 11.6. The number of aliphatic imine (C=N–C) groups is 1. The van der Waals surface area contributed by atoms with Crippen molar-refractivity contribution in [2.75, 3.05) is 46.4 Å². The zero-order chi connectivity index (χ0) is 17.9. The van der Waals surface area contributed by atoms with Crippen LogP contribution >= 0.6 is 24.0 Å². The van der Waals surface area contributed by atoms with Crippen LogP contribution in [0.1, 0.15) is 34.1 Å². The molecule has 1 amide bonds. The van der Waals surface area contributed by atoms with Crippen LogP contribution in [-0.2, 0) is 9.53 Å². The quantitative estimate of drug-likeness (QED) is 0.282. The van der Waals surface area contributed by atoms with E-state index in [9.17, 15) is 4.79 Å². The molecule has 7 nitrogen and oxygen atoms in total. The number of guanidine groups is 1. The predicted octanol–water partition coefficient (Wildman–Crippen LogP) is 1.04. The summed E-state index contributed by atoms with van der Waals surface area (Å²) in [6.07, 6.45) is 0.598. The van der Waals surface area contributed by atoms with Crippen LogP contribution in [0.25, 0.3) is 0 Å². The number of amides is 1. The van der Waals surface area contributed by atoms with Crippen molar-refractivity contribution in [1.29, 1.82) is 0 Å². The van der Waals surface area contributed by atoms with Crippen LogP contribution in [0, 0.1) is 5.92 Å². The molecule has 1 atom stereocenters. The summed E-state index contributed by atoms with van der Waals surface area (Å²) in [6, 6.07) is 0.173. The second kappa shape index (κ2) is 13.6. The summed E-state index contributed by atoms with van der Waals surface area (Å²) >= 11 is 0. The highest BCUT2D eigenvalue weighted by Gasteiger charge is 2.21. The first-order valence-corrected chi connectivity index (χ1v) is 8.98. The molecule has 0 aliphatic carbocycles. The molecule has 1 heterocycles. The van der Waals surface area contributed by atoms with Gasteiger partial charge in [-0.05, 0) is 19.8 Å². The second-order valence-electron chi connectivity index (χ2n) is 7.00. The van der Waals surface area contributed by atoms with E-state index in [0.717, 1.165) is 26.2 Å². The van der Waals surface area contributed by atoms with Crippen molar-refractivity contribution in [2.24, 2.45) is 10.9 Å². The molecule has 1 aliphatic heterocycles. The van der Waals surface area contributed by atoms with Crippen LogP contribution in [0.3, 0.4) is 0 Å². The van der Waals surface area contributed by atoms with Gasteiger partial charge in [0.25, 0.3) is 0 Å². The topological polar surface area (TPSA) is 78.0 Å². The first-order valence-electron chi connectivity index (χ1n) is 8.98. The van der Waals surface area contributed by atoms with E-state index in [0.29, 0.717) is 31.4 Å². The van der Waals surface area contributed by atoms with Crippen LogP contribution in [0.5, 0.6) is 0 Å². The van der Waals surface area contributed by atoms with Gasteiger partial charge in [0.1, 0.15) is 0 Å². The van der Waals surface area contributed by atoms with Crippen LogP contribution in [-0.4, -0.2) is 75.3 Å². The van der Waals surface area contributed by atoms with Gasteiger partial charge in [-0.15, -0.1) is 24.0 Å². The molecule has 148 valence electrons. The molecular formula is C17H36IN5O2. The lowest BCUT2D eigenvalue weighted by Crippen LogP contribution is -2.50. The molecule has 1 saturated heterocycles. The Morgan fingerprint density at radius 2 is 2.00 bits per heavy atom. The van der Waals surface area contributed by atoms with E-state index in [2.05, 4.69) is 39.7 Å². The molecule has 1 fully saturated rings. The van der Waals surface area contributed by atoms with E-state index in [1.54, 1.807) is 7.05 Å². The normalized spacial score (nSPS) is 18.8. The minimum atomic E-state index is 0. The maximum Gasteiger partial charge on any atom is 0.221 e. The largest absolute Gasteiger partial charge is 0.374 e. The molecule has 0 bridgehead atoms. The molecule has 8 heteroatoms. The smallest absolute Gasteiger partial charge is 0.221 e. The minimum absolute atomic E-state index is 0. The highest BCUT2D eigenvalue weighted by atomic mass is 127. The monoisotopic (exact) mass is 469 g/mol. The summed E-state index contributed by atoms with van der Waals surface area (Å²) in [4.78, 5) is 18.3. The summed E-state index contributed by atoms with van der Waals surface area (Å²) in [7, 11) is 1.73. The Hall–Kier alpha value is -0.610. The second-order valence-corrected chi connectivity index (χ2v) is 7.00. The molecule has 1 unspecified atom stereocenters. The molecule has 0 radical (unpaired) electrons. The third-order valence-electron chi connectivity index (χ3n) is 3.66. The molecule has 0 aromatic heterocycles. The standard InChI is InChI=1S/C17H35N5O2.HI/c1-13(2)11-22-8-9-24-15(12-22)10-20-17(18-5)19-7-6-16(23)21-14(3)4;/h13-15H,6-12H2,1-5H3,(H,21,23)(H2,18,19,20);1H. The summed E-state index contributed by atoms with van der Waals surface area (Å²) in [5.41, 5.74) is 0. The first-order chi connectivity index (χ1) is 11.4. The van der Waals surface area contributed by atoms with Crippen molar-refractivity contribution in [1.82, 2.24) is 20.9 Å². The van der Waals surface area contributed by atoms with Gasteiger partial charge < -0.3 is 20.7 Å². The van der Waals surface area contributed by atoms with Gasteiger partial charge >= 0.3 is 0 Å². The number of carbonyl (C=O) groups is 1. The minimum Gasteiger partial charge on any atom is -0.374 e. The number of hydrogen-bond acceptors (Lipinski definition) is 4. The molecule has 25 heavy (non-hydrogen) atoms. The van der Waals surface area contributed by atoms with Gasteiger partial charge in [-0.2, -0.15) is 0 Å². The number of nitrogens with one attached hydrogen (secondary N) is 3. The van der Waals surface area contributed by atoms with Gasteiger partial charge in [-0.25, -0.2) is 0 Å². The molecule has 1 rings (SSSR count). The number of hydrogen-bond donors (Lipinski definition) is 3. The Balaban J connectivity index is 0.00000576. The van der Waals surface area contributed by atoms with E-state index >= 15 is 0 Å². The molecule has 0 spiro atoms. The number of carbonyl (C=O) groups excluding carboxylic acids is 1. The Morgan fingerprint density at radius 3 is 2.60 bits per heavy atom. The summed E-state index contributed by atoms with van der Waals surface area (Å²) in [6.45, 7) is 13.5. The van der Waals surface area contributed by atoms with Gasteiger partial charge in [-0.1, -0.05) is 13.8 Å². The highest BCUT2D eigenvalue weighted by molar-refractivity contribution is 14.0. The number of halogens is 1. The third-order valence-corrected chi connectivity index (χ3v) is 3.66. The van der Waals surface area contributed by atoms with E-state index in [1.165, 1.54) is 0 Å². The molecular weight excluding hydrogens is 433 g/mol. The lowest BCUT2D eigenvalue weighted by molar-refractivity contribution is -0.121. The van der Waals surface area contributed by atoms with Crippen molar-refractivity contribution >= 4 is 35.8 Å². The molecule has 0 aromatic carbocycles. The fourth-order valence-corrected chi connectivity index (χ4v) is 2.71. The number of nitrogens with zero attached hydrogens (tertiary/aromatic N) is 2. The van der Waals surface area contributed by atoms with Crippen LogP contribution < -0.4 is 16.0 Å². The van der Waals surface area contributed by atoms with E-state index < -0.39 is 0 Å². The molecule has 0 saturated carbocycles. The molecule has 3 N–H and O–H groups in total.